The molecule has 0 bridgehead atoms. The predicted octanol–water partition coefficient (Wildman–Crippen LogP) is 1.38. The van der Waals surface area contributed by atoms with E-state index in [0.29, 0.717) is 12.5 Å². The molecule has 0 radical (unpaired) electrons. The van der Waals surface area contributed by atoms with Gasteiger partial charge in [-0.3, -0.25) is 4.79 Å². The molecule has 0 spiro atoms. The Kier molecular flexibility index (Phi) is 3.01. The van der Waals surface area contributed by atoms with Crippen LogP contribution in [-0.2, 0) is 0 Å². The molecule has 0 aliphatic carbocycles. The Morgan fingerprint density at radius 1 is 1.50 bits per heavy atom. The van der Waals surface area contributed by atoms with E-state index in [2.05, 4.69) is 16.9 Å². The van der Waals surface area contributed by atoms with Crippen LogP contribution < -0.4 is 11.3 Å². The molecule has 0 aliphatic heterocycles. The molecule has 1 heterocycles. The molecule has 1 unspecified atom stereocenters. The number of rotatable bonds is 3. The van der Waals surface area contributed by atoms with Gasteiger partial charge in [0.2, 0.25) is 0 Å². The molecular weight excluding hydrogens is 202 g/mol. The molecular formula is C12H15N3O. The van der Waals surface area contributed by atoms with Gasteiger partial charge >= 0.3 is 0 Å². The third-order valence-corrected chi connectivity index (χ3v) is 2.77. The van der Waals surface area contributed by atoms with Crippen LogP contribution in [-0.4, -0.2) is 16.5 Å². The summed E-state index contributed by atoms with van der Waals surface area (Å²) in [5.74, 6) is 0.420. The second-order valence-corrected chi connectivity index (χ2v) is 4.00. The Balaban J connectivity index is 2.44. The van der Waals surface area contributed by atoms with Gasteiger partial charge in [-0.15, -0.1) is 0 Å². The number of benzene rings is 1. The Morgan fingerprint density at radius 2 is 2.31 bits per heavy atom. The van der Waals surface area contributed by atoms with Gasteiger partial charge in [-0.2, -0.15) is 0 Å². The van der Waals surface area contributed by atoms with Gasteiger partial charge in [-0.1, -0.05) is 13.0 Å². The van der Waals surface area contributed by atoms with Crippen LogP contribution >= 0.6 is 0 Å². The summed E-state index contributed by atoms with van der Waals surface area (Å²) in [4.78, 5) is 17.9. The van der Waals surface area contributed by atoms with Gasteiger partial charge < -0.3 is 10.7 Å². The lowest BCUT2D eigenvalue weighted by atomic mass is 9.97. The highest BCUT2D eigenvalue weighted by Gasteiger charge is 2.05. The fraction of sp³-hybridized carbons (Fsp3) is 0.333. The summed E-state index contributed by atoms with van der Waals surface area (Å²) < 4.78 is 0. The first-order valence-electron chi connectivity index (χ1n) is 5.40. The summed E-state index contributed by atoms with van der Waals surface area (Å²) in [6, 6.07) is 5.91. The third-order valence-electron chi connectivity index (χ3n) is 2.77. The van der Waals surface area contributed by atoms with Gasteiger partial charge in [-0.25, -0.2) is 4.98 Å². The number of hydrogen-bond acceptors (Lipinski definition) is 3. The maximum absolute atomic E-state index is 11.1. The number of H-pyrrole nitrogens is 1. The minimum absolute atomic E-state index is 0.171. The maximum atomic E-state index is 11.1. The monoisotopic (exact) mass is 217 g/mol. The van der Waals surface area contributed by atoms with E-state index in [9.17, 15) is 4.79 Å². The van der Waals surface area contributed by atoms with Gasteiger partial charge in [-0.05, 0) is 36.6 Å². The smallest absolute Gasteiger partial charge is 0.266 e. The molecule has 1 aromatic carbocycles. The Hall–Kier alpha value is -1.68. The zero-order chi connectivity index (χ0) is 11.5. The van der Waals surface area contributed by atoms with Crippen LogP contribution in [0.5, 0.6) is 0 Å². The first-order valence-corrected chi connectivity index (χ1v) is 5.40. The fourth-order valence-corrected chi connectivity index (χ4v) is 1.78. The van der Waals surface area contributed by atoms with Crippen LogP contribution in [0, 0.1) is 0 Å². The minimum atomic E-state index is -0.171. The van der Waals surface area contributed by atoms with Crippen molar-refractivity contribution in [2.75, 3.05) is 6.54 Å². The van der Waals surface area contributed by atoms with E-state index in [0.717, 1.165) is 17.5 Å². The summed E-state index contributed by atoms with van der Waals surface area (Å²) in [5, 5.41) is 0. The molecule has 0 aliphatic rings. The van der Waals surface area contributed by atoms with Gasteiger partial charge in [0.15, 0.2) is 0 Å². The Bertz CT molecular complexity index is 547. The van der Waals surface area contributed by atoms with Crippen LogP contribution in [0.4, 0.5) is 0 Å². The summed E-state index contributed by atoms with van der Waals surface area (Å²) in [6.07, 6.45) is 2.26. The molecule has 4 heteroatoms. The zero-order valence-corrected chi connectivity index (χ0v) is 9.23. The topological polar surface area (TPSA) is 71.8 Å². The van der Waals surface area contributed by atoms with Gasteiger partial charge in [0.25, 0.3) is 5.56 Å². The van der Waals surface area contributed by atoms with Gasteiger partial charge in [0.05, 0.1) is 17.2 Å². The van der Waals surface area contributed by atoms with E-state index in [4.69, 9.17) is 5.73 Å². The summed E-state index contributed by atoms with van der Waals surface area (Å²) >= 11 is 0. The van der Waals surface area contributed by atoms with Crippen LogP contribution in [0.3, 0.4) is 0 Å². The fourth-order valence-electron chi connectivity index (χ4n) is 1.78. The number of fused-ring (bicyclic) bond motifs is 1. The number of aromatic nitrogens is 2. The van der Waals surface area contributed by atoms with Gasteiger partial charge in [0, 0.05) is 0 Å². The number of aromatic amines is 1. The highest BCUT2D eigenvalue weighted by atomic mass is 16.1. The Morgan fingerprint density at radius 3 is 3.06 bits per heavy atom. The van der Waals surface area contributed by atoms with Crippen molar-refractivity contribution in [1.82, 2.24) is 9.97 Å². The minimum Gasteiger partial charge on any atom is -0.330 e. The first kappa shape index (κ1) is 10.8. The average Bonchev–Trinajstić information content (AvgIpc) is 2.28. The molecule has 0 saturated heterocycles. The van der Waals surface area contributed by atoms with Crippen molar-refractivity contribution in [2.45, 2.75) is 19.3 Å². The quantitative estimate of drug-likeness (QED) is 0.815. The molecule has 2 aromatic rings. The summed E-state index contributed by atoms with van der Waals surface area (Å²) in [6.45, 7) is 2.82. The standard InChI is InChI=1S/C12H15N3O/c1-8(4-5-13)9-2-3-10-11(6-9)14-7-12(16)15-10/h2-3,6-8H,4-5,13H2,1H3,(H,15,16). The molecule has 84 valence electrons. The maximum Gasteiger partial charge on any atom is 0.266 e. The van der Waals surface area contributed by atoms with Crippen molar-refractivity contribution < 1.29 is 0 Å². The van der Waals surface area contributed by atoms with E-state index in [1.807, 2.05) is 18.2 Å². The lowest BCUT2D eigenvalue weighted by Gasteiger charge is -2.10. The predicted molar refractivity (Wildman–Crippen MR) is 64.5 cm³/mol. The third kappa shape index (κ3) is 2.12. The van der Waals surface area contributed by atoms with E-state index in [1.165, 1.54) is 11.8 Å². The molecule has 16 heavy (non-hydrogen) atoms. The number of hydrogen-bond donors (Lipinski definition) is 2. The number of nitrogens with zero attached hydrogens (tertiary/aromatic N) is 1. The van der Waals surface area contributed by atoms with Crippen molar-refractivity contribution in [3.8, 4) is 0 Å². The molecule has 1 aromatic heterocycles. The van der Waals surface area contributed by atoms with Crippen molar-refractivity contribution >= 4 is 11.0 Å². The highest BCUT2D eigenvalue weighted by Crippen LogP contribution is 2.20. The van der Waals surface area contributed by atoms with E-state index in [1.54, 1.807) is 0 Å². The van der Waals surface area contributed by atoms with E-state index < -0.39 is 0 Å². The van der Waals surface area contributed by atoms with Crippen molar-refractivity contribution in [2.24, 2.45) is 5.73 Å². The second-order valence-electron chi connectivity index (χ2n) is 4.00. The summed E-state index contributed by atoms with van der Waals surface area (Å²) in [5.41, 5.74) is 8.17. The largest absolute Gasteiger partial charge is 0.330 e. The molecule has 3 N–H and O–H groups in total. The molecule has 0 saturated carbocycles. The number of nitrogens with one attached hydrogen (secondary N) is 1. The SMILES string of the molecule is CC(CCN)c1ccc2[nH]c(=O)cnc2c1. The zero-order valence-electron chi connectivity index (χ0n) is 9.23. The van der Waals surface area contributed by atoms with Crippen LogP contribution in [0.25, 0.3) is 11.0 Å². The van der Waals surface area contributed by atoms with Crippen molar-refractivity contribution in [1.29, 1.82) is 0 Å². The van der Waals surface area contributed by atoms with Crippen LogP contribution in [0.1, 0.15) is 24.8 Å². The molecule has 0 fully saturated rings. The first-order chi connectivity index (χ1) is 7.70. The van der Waals surface area contributed by atoms with Crippen molar-refractivity contribution in [3.63, 3.8) is 0 Å². The molecule has 2 rings (SSSR count). The molecule has 4 nitrogen and oxygen atoms in total. The van der Waals surface area contributed by atoms with Gasteiger partial charge in [0.1, 0.15) is 0 Å². The number of nitrogens with two attached hydrogens (primary N) is 1. The lowest BCUT2D eigenvalue weighted by Crippen LogP contribution is -2.07. The van der Waals surface area contributed by atoms with E-state index >= 15 is 0 Å². The lowest BCUT2D eigenvalue weighted by molar-refractivity contribution is 0.691. The average molecular weight is 217 g/mol. The van der Waals surface area contributed by atoms with Crippen molar-refractivity contribution in [3.05, 3.63) is 40.3 Å². The Labute approximate surface area is 93.5 Å². The van der Waals surface area contributed by atoms with Crippen LogP contribution in [0.2, 0.25) is 0 Å². The highest BCUT2D eigenvalue weighted by molar-refractivity contribution is 5.74. The van der Waals surface area contributed by atoms with E-state index in [-0.39, 0.29) is 5.56 Å². The molecule has 0 amide bonds. The summed E-state index contributed by atoms with van der Waals surface area (Å²) in [7, 11) is 0. The second kappa shape index (κ2) is 4.45. The molecule has 1 atom stereocenters. The van der Waals surface area contributed by atoms with Crippen LogP contribution in [0.15, 0.2) is 29.2 Å². The normalized spacial score (nSPS) is 12.9.